The second-order valence-electron chi connectivity index (χ2n) is 7.12. The van der Waals surface area contributed by atoms with Crippen LogP contribution in [0.15, 0.2) is 77.7 Å². The molecule has 0 bridgehead atoms. The van der Waals surface area contributed by atoms with Gasteiger partial charge in [-0.25, -0.2) is 0 Å². The van der Waals surface area contributed by atoms with Crippen LogP contribution in [0.2, 0.25) is 0 Å². The first-order chi connectivity index (χ1) is 15.9. The molecule has 170 valence electrons. The summed E-state index contributed by atoms with van der Waals surface area (Å²) in [7, 11) is 1.57. The number of nitrogens with one attached hydrogen (secondary N) is 2. The maximum atomic E-state index is 12.9. The van der Waals surface area contributed by atoms with Crippen LogP contribution in [0.5, 0.6) is 5.75 Å². The number of carbonyl (C=O) groups excluding carboxylic acids is 3. The van der Waals surface area contributed by atoms with Crippen LogP contribution in [-0.4, -0.2) is 30.1 Å². The van der Waals surface area contributed by atoms with E-state index in [9.17, 15) is 14.4 Å². The van der Waals surface area contributed by atoms with Crippen molar-refractivity contribution >= 4 is 40.9 Å². The molecule has 3 amide bonds. The summed E-state index contributed by atoms with van der Waals surface area (Å²) in [5.41, 5.74) is 7.17. The van der Waals surface area contributed by atoms with Crippen LogP contribution in [0.3, 0.4) is 0 Å². The van der Waals surface area contributed by atoms with Crippen molar-refractivity contribution in [2.45, 2.75) is 23.5 Å². The second-order valence-corrected chi connectivity index (χ2v) is 8.40. The van der Waals surface area contributed by atoms with Crippen molar-refractivity contribution in [1.82, 2.24) is 0 Å². The van der Waals surface area contributed by atoms with Gasteiger partial charge in [0.2, 0.25) is 5.91 Å². The fourth-order valence-corrected chi connectivity index (χ4v) is 4.11. The number of hydrogen-bond acceptors (Lipinski definition) is 5. The zero-order valence-electron chi connectivity index (χ0n) is 18.3. The summed E-state index contributed by atoms with van der Waals surface area (Å²) in [5.74, 6) is -0.407. The van der Waals surface area contributed by atoms with Crippen molar-refractivity contribution in [2.75, 3.05) is 17.7 Å². The average Bonchev–Trinajstić information content (AvgIpc) is 2.83. The van der Waals surface area contributed by atoms with Gasteiger partial charge in [0, 0.05) is 16.1 Å². The van der Waals surface area contributed by atoms with E-state index in [0.717, 1.165) is 4.90 Å². The van der Waals surface area contributed by atoms with Gasteiger partial charge >= 0.3 is 0 Å². The maximum Gasteiger partial charge on any atom is 0.255 e. The molecular formula is C25H25N3O4S. The van der Waals surface area contributed by atoms with E-state index in [1.54, 1.807) is 61.7 Å². The number of ether oxygens (including phenoxy) is 1. The van der Waals surface area contributed by atoms with Crippen LogP contribution in [0, 0.1) is 0 Å². The molecule has 8 heteroatoms. The highest BCUT2D eigenvalue weighted by atomic mass is 32.2. The third-order valence-corrected chi connectivity index (χ3v) is 6.19. The van der Waals surface area contributed by atoms with Crippen LogP contribution in [0.1, 0.15) is 34.1 Å². The number of benzene rings is 3. The molecule has 0 radical (unpaired) electrons. The van der Waals surface area contributed by atoms with Gasteiger partial charge in [0.1, 0.15) is 5.75 Å². The SMILES string of the molecule is CCC(Sc1cccc(NC(=O)c2ccc(OC)cc2)c1)C(=O)Nc1ccccc1C(N)=O. The molecule has 0 heterocycles. The van der Waals surface area contributed by atoms with Gasteiger partial charge in [0.25, 0.3) is 11.8 Å². The molecule has 3 aromatic rings. The summed E-state index contributed by atoms with van der Waals surface area (Å²) < 4.78 is 5.12. The minimum atomic E-state index is -0.605. The van der Waals surface area contributed by atoms with E-state index in [1.165, 1.54) is 11.8 Å². The number of thioether (sulfide) groups is 1. The zero-order valence-corrected chi connectivity index (χ0v) is 19.1. The van der Waals surface area contributed by atoms with Crippen molar-refractivity contribution in [2.24, 2.45) is 5.73 Å². The fraction of sp³-hybridized carbons (Fsp3) is 0.160. The Hall–Kier alpha value is -3.78. The highest BCUT2D eigenvalue weighted by molar-refractivity contribution is 8.00. The smallest absolute Gasteiger partial charge is 0.255 e. The van der Waals surface area contributed by atoms with E-state index in [0.29, 0.717) is 29.1 Å². The fourth-order valence-electron chi connectivity index (χ4n) is 3.10. The van der Waals surface area contributed by atoms with Crippen molar-refractivity contribution in [3.8, 4) is 5.75 Å². The quantitative estimate of drug-likeness (QED) is 0.403. The molecule has 0 aliphatic rings. The van der Waals surface area contributed by atoms with E-state index in [1.807, 2.05) is 25.1 Å². The third kappa shape index (κ3) is 6.36. The molecule has 1 unspecified atom stereocenters. The van der Waals surface area contributed by atoms with Gasteiger partial charge in [-0.15, -0.1) is 11.8 Å². The lowest BCUT2D eigenvalue weighted by atomic mass is 10.1. The van der Waals surface area contributed by atoms with Gasteiger partial charge in [-0.05, 0) is 61.0 Å². The van der Waals surface area contributed by atoms with E-state index in [4.69, 9.17) is 10.5 Å². The van der Waals surface area contributed by atoms with Crippen molar-refractivity contribution in [1.29, 1.82) is 0 Å². The zero-order chi connectivity index (χ0) is 23.8. The lowest BCUT2D eigenvalue weighted by Crippen LogP contribution is -2.26. The molecule has 0 saturated carbocycles. The van der Waals surface area contributed by atoms with Gasteiger partial charge in [-0.2, -0.15) is 0 Å². The predicted molar refractivity (Wildman–Crippen MR) is 131 cm³/mol. The number of amides is 3. The molecule has 0 aromatic heterocycles. The van der Waals surface area contributed by atoms with Crippen LogP contribution in [0.25, 0.3) is 0 Å². The Morgan fingerprint density at radius 1 is 0.970 bits per heavy atom. The summed E-state index contributed by atoms with van der Waals surface area (Å²) in [4.78, 5) is 37.8. The number of primary amides is 1. The topological polar surface area (TPSA) is 111 Å². The van der Waals surface area contributed by atoms with Crippen molar-refractivity contribution in [3.63, 3.8) is 0 Å². The molecule has 3 rings (SSSR count). The predicted octanol–water partition coefficient (Wildman–Crippen LogP) is 4.56. The van der Waals surface area contributed by atoms with Gasteiger partial charge < -0.3 is 21.1 Å². The average molecular weight is 464 g/mol. The van der Waals surface area contributed by atoms with E-state index < -0.39 is 11.2 Å². The van der Waals surface area contributed by atoms with Crippen LogP contribution < -0.4 is 21.1 Å². The summed E-state index contributed by atoms with van der Waals surface area (Å²) in [6.07, 6.45) is 0.567. The van der Waals surface area contributed by atoms with Crippen LogP contribution in [0.4, 0.5) is 11.4 Å². The molecule has 0 aliphatic carbocycles. The second kappa shape index (κ2) is 11.2. The number of rotatable bonds is 9. The Morgan fingerprint density at radius 3 is 2.36 bits per heavy atom. The molecule has 4 N–H and O–H groups in total. The Kier molecular flexibility index (Phi) is 8.10. The molecule has 0 fully saturated rings. The van der Waals surface area contributed by atoms with Gasteiger partial charge in [-0.3, -0.25) is 14.4 Å². The van der Waals surface area contributed by atoms with Crippen LogP contribution >= 0.6 is 11.8 Å². The molecule has 0 spiro atoms. The third-order valence-electron chi connectivity index (χ3n) is 4.84. The Labute approximate surface area is 196 Å². The highest BCUT2D eigenvalue weighted by Gasteiger charge is 2.20. The van der Waals surface area contributed by atoms with Gasteiger partial charge in [-0.1, -0.05) is 25.1 Å². The number of nitrogens with two attached hydrogens (primary N) is 1. The first kappa shape index (κ1) is 23.9. The standard InChI is InChI=1S/C25H25N3O4S/c1-3-22(25(31)28-21-10-5-4-9-20(21)23(26)29)33-19-8-6-7-17(15-19)27-24(30)16-11-13-18(32-2)14-12-16/h4-15,22H,3H2,1-2H3,(H2,26,29)(H,27,30)(H,28,31). The van der Waals surface area contributed by atoms with Crippen molar-refractivity contribution < 1.29 is 19.1 Å². The molecule has 33 heavy (non-hydrogen) atoms. The maximum absolute atomic E-state index is 12.9. The normalized spacial score (nSPS) is 11.3. The summed E-state index contributed by atoms with van der Waals surface area (Å²) in [6, 6.07) is 20.8. The number of anilines is 2. The van der Waals surface area contributed by atoms with E-state index in [-0.39, 0.29) is 17.4 Å². The van der Waals surface area contributed by atoms with Gasteiger partial charge in [0.05, 0.1) is 23.6 Å². The number of methoxy groups -OCH3 is 1. The number of para-hydroxylation sites is 1. The largest absolute Gasteiger partial charge is 0.497 e. The molecule has 1 atom stereocenters. The van der Waals surface area contributed by atoms with E-state index >= 15 is 0 Å². The van der Waals surface area contributed by atoms with Crippen molar-refractivity contribution in [3.05, 3.63) is 83.9 Å². The monoisotopic (exact) mass is 463 g/mol. The number of hydrogen-bond donors (Lipinski definition) is 3. The molecule has 3 aromatic carbocycles. The molecule has 7 nitrogen and oxygen atoms in total. The summed E-state index contributed by atoms with van der Waals surface area (Å²) in [5, 5.41) is 5.27. The highest BCUT2D eigenvalue weighted by Crippen LogP contribution is 2.29. The number of carbonyl (C=O) groups is 3. The Morgan fingerprint density at radius 2 is 1.70 bits per heavy atom. The first-order valence-electron chi connectivity index (χ1n) is 10.3. The Balaban J connectivity index is 1.68. The molecular weight excluding hydrogens is 438 g/mol. The first-order valence-corrected chi connectivity index (χ1v) is 11.2. The lowest BCUT2D eigenvalue weighted by molar-refractivity contribution is -0.115. The molecule has 0 saturated heterocycles. The molecule has 0 aliphatic heterocycles. The lowest BCUT2D eigenvalue weighted by Gasteiger charge is -2.16. The minimum absolute atomic E-state index is 0.233. The Bertz CT molecular complexity index is 1150. The van der Waals surface area contributed by atoms with Gasteiger partial charge in [0.15, 0.2) is 0 Å². The van der Waals surface area contributed by atoms with Crippen LogP contribution in [-0.2, 0) is 4.79 Å². The minimum Gasteiger partial charge on any atom is -0.497 e. The summed E-state index contributed by atoms with van der Waals surface area (Å²) in [6.45, 7) is 1.91. The summed E-state index contributed by atoms with van der Waals surface area (Å²) >= 11 is 1.38. The van der Waals surface area contributed by atoms with E-state index in [2.05, 4.69) is 10.6 Å².